The fraction of sp³-hybridized carbons (Fsp3) is 0.600. The molecule has 1 fully saturated rings. The molecule has 1 saturated heterocycles. The van der Waals surface area contributed by atoms with Crippen molar-refractivity contribution in [3.63, 3.8) is 0 Å². The van der Waals surface area contributed by atoms with Gasteiger partial charge < -0.3 is 4.74 Å². The number of imide groups is 1. The monoisotopic (exact) mass is 229 g/mol. The van der Waals surface area contributed by atoms with E-state index in [2.05, 4.69) is 0 Å². The smallest absolute Gasteiger partial charge is 0.417 e. The minimum absolute atomic E-state index is 0.193. The molecule has 15 heavy (non-hydrogen) atoms. The number of ether oxygens (including phenoxy) is 1. The van der Waals surface area contributed by atoms with Crippen LogP contribution in [0.3, 0.4) is 0 Å². The maximum absolute atomic E-state index is 11.6. The van der Waals surface area contributed by atoms with E-state index in [9.17, 15) is 9.59 Å². The highest BCUT2D eigenvalue weighted by Crippen LogP contribution is 2.26. The first kappa shape index (κ1) is 12.1. The molecule has 1 aliphatic heterocycles. The first-order valence-corrected chi connectivity index (χ1v) is 5.78. The number of nitrogens with zero attached hydrogens (tertiary/aromatic N) is 1. The van der Waals surface area contributed by atoms with Crippen LogP contribution in [0.5, 0.6) is 0 Å². The van der Waals surface area contributed by atoms with Gasteiger partial charge in [0.05, 0.1) is 0 Å². The highest BCUT2D eigenvalue weighted by molar-refractivity contribution is 8.00. The Labute approximate surface area is 93.6 Å². The minimum atomic E-state index is -0.545. The molecule has 0 bridgehead atoms. The molecule has 84 valence electrons. The number of carbonyl (C=O) groups is 2. The molecule has 4 nitrogen and oxygen atoms in total. The van der Waals surface area contributed by atoms with Crippen LogP contribution in [0.15, 0.2) is 12.2 Å². The number of hydrogen-bond acceptors (Lipinski definition) is 4. The van der Waals surface area contributed by atoms with Crippen LogP contribution in [0.1, 0.15) is 20.8 Å². The summed E-state index contributed by atoms with van der Waals surface area (Å²) in [7, 11) is 0. The van der Waals surface area contributed by atoms with Crippen molar-refractivity contribution in [1.29, 1.82) is 0 Å². The van der Waals surface area contributed by atoms with Crippen LogP contribution in [0.4, 0.5) is 4.79 Å². The van der Waals surface area contributed by atoms with Crippen molar-refractivity contribution in [2.24, 2.45) is 0 Å². The van der Waals surface area contributed by atoms with Gasteiger partial charge in [0.25, 0.3) is 5.91 Å². The van der Waals surface area contributed by atoms with Crippen molar-refractivity contribution in [2.45, 2.75) is 31.4 Å². The lowest BCUT2D eigenvalue weighted by Crippen LogP contribution is -2.36. The molecular weight excluding hydrogens is 214 g/mol. The summed E-state index contributed by atoms with van der Waals surface area (Å²) in [5.41, 5.74) is 0. The maximum Gasteiger partial charge on any atom is 0.417 e. The van der Waals surface area contributed by atoms with Crippen LogP contribution in [0.25, 0.3) is 0 Å². The van der Waals surface area contributed by atoms with Gasteiger partial charge in [-0.2, -0.15) is 0 Å². The summed E-state index contributed by atoms with van der Waals surface area (Å²) in [4.78, 5) is 24.1. The fourth-order valence-corrected chi connectivity index (χ4v) is 2.36. The molecule has 1 atom stereocenters. The largest absolute Gasteiger partial charge is 0.446 e. The van der Waals surface area contributed by atoms with Gasteiger partial charge in [0.1, 0.15) is 12.0 Å². The van der Waals surface area contributed by atoms with E-state index < -0.39 is 6.09 Å². The minimum Gasteiger partial charge on any atom is -0.446 e. The second-order valence-electron chi connectivity index (χ2n) is 3.42. The van der Waals surface area contributed by atoms with Gasteiger partial charge in [-0.3, -0.25) is 4.79 Å². The third-order valence-corrected chi connectivity index (χ3v) is 3.02. The van der Waals surface area contributed by atoms with Gasteiger partial charge in [0.15, 0.2) is 0 Å². The van der Waals surface area contributed by atoms with Gasteiger partial charge in [0.2, 0.25) is 0 Å². The second kappa shape index (κ2) is 5.21. The third kappa shape index (κ3) is 2.99. The Morgan fingerprint density at radius 1 is 1.67 bits per heavy atom. The molecule has 0 aliphatic carbocycles. The Morgan fingerprint density at radius 3 is 2.87 bits per heavy atom. The first-order valence-electron chi connectivity index (χ1n) is 4.84. The molecule has 1 rings (SSSR count). The highest BCUT2D eigenvalue weighted by Gasteiger charge is 2.37. The standard InChI is InChI=1S/C10H15NO3S/c1-4-5-8(12)11-9(15-7(2)3)6-14-10(11)13/h4-5,7,9H,6H2,1-3H3/b5-4+. The van der Waals surface area contributed by atoms with E-state index in [-0.39, 0.29) is 17.9 Å². The number of rotatable bonds is 3. The predicted octanol–water partition coefficient (Wildman–Crippen LogP) is 2.01. The number of hydrogen-bond donors (Lipinski definition) is 0. The predicted molar refractivity (Wildman–Crippen MR) is 59.5 cm³/mol. The molecule has 0 N–H and O–H groups in total. The number of cyclic esters (lactones) is 1. The van der Waals surface area contributed by atoms with Crippen LogP contribution in [0, 0.1) is 0 Å². The number of carbonyl (C=O) groups excluding carboxylic acids is 2. The first-order chi connectivity index (χ1) is 7.06. The van der Waals surface area contributed by atoms with E-state index in [1.54, 1.807) is 24.8 Å². The molecule has 0 radical (unpaired) electrons. The zero-order valence-electron chi connectivity index (χ0n) is 9.10. The van der Waals surface area contributed by atoms with Crippen molar-refractivity contribution >= 4 is 23.8 Å². The van der Waals surface area contributed by atoms with Crippen molar-refractivity contribution < 1.29 is 14.3 Å². The SMILES string of the molecule is C/C=C/C(=O)N1C(=O)OCC1SC(C)C. The Kier molecular flexibility index (Phi) is 4.20. The van der Waals surface area contributed by atoms with Gasteiger partial charge in [0, 0.05) is 5.25 Å². The van der Waals surface area contributed by atoms with E-state index in [4.69, 9.17) is 4.74 Å². The summed E-state index contributed by atoms with van der Waals surface area (Å²) >= 11 is 1.55. The summed E-state index contributed by atoms with van der Waals surface area (Å²) in [6.07, 6.45) is 2.45. The van der Waals surface area contributed by atoms with Gasteiger partial charge in [-0.1, -0.05) is 19.9 Å². The summed E-state index contributed by atoms with van der Waals surface area (Å²) in [5.74, 6) is -0.307. The number of allylic oxidation sites excluding steroid dienone is 1. The van der Waals surface area contributed by atoms with Gasteiger partial charge >= 0.3 is 6.09 Å². The summed E-state index contributed by atoms with van der Waals surface area (Å²) in [5, 5.41) is 0.159. The maximum atomic E-state index is 11.6. The van der Waals surface area contributed by atoms with E-state index in [0.717, 1.165) is 0 Å². The molecule has 5 heteroatoms. The van der Waals surface area contributed by atoms with Crippen molar-refractivity contribution in [3.05, 3.63) is 12.2 Å². The van der Waals surface area contributed by atoms with Crippen LogP contribution in [-0.2, 0) is 9.53 Å². The molecule has 0 aromatic rings. The third-order valence-electron chi connectivity index (χ3n) is 1.81. The van der Waals surface area contributed by atoms with Crippen LogP contribution < -0.4 is 0 Å². The normalized spacial score (nSPS) is 21.5. The van der Waals surface area contributed by atoms with Crippen LogP contribution in [0.2, 0.25) is 0 Å². The van der Waals surface area contributed by atoms with E-state index in [1.165, 1.54) is 11.0 Å². The Balaban J connectivity index is 2.72. The summed E-state index contributed by atoms with van der Waals surface area (Å²) in [6.45, 7) is 6.06. The van der Waals surface area contributed by atoms with Gasteiger partial charge in [-0.05, 0) is 13.0 Å². The van der Waals surface area contributed by atoms with Crippen molar-refractivity contribution in [2.75, 3.05) is 6.61 Å². The van der Waals surface area contributed by atoms with E-state index in [0.29, 0.717) is 5.25 Å². The lowest BCUT2D eigenvalue weighted by molar-refractivity contribution is -0.123. The van der Waals surface area contributed by atoms with E-state index >= 15 is 0 Å². The lowest BCUT2D eigenvalue weighted by atomic mass is 10.4. The summed E-state index contributed by atoms with van der Waals surface area (Å²) < 4.78 is 4.86. The van der Waals surface area contributed by atoms with E-state index in [1.807, 2.05) is 13.8 Å². The number of amides is 2. The zero-order chi connectivity index (χ0) is 11.4. The average molecular weight is 229 g/mol. The zero-order valence-corrected chi connectivity index (χ0v) is 9.91. The molecule has 0 aromatic heterocycles. The Morgan fingerprint density at radius 2 is 2.33 bits per heavy atom. The van der Waals surface area contributed by atoms with Gasteiger partial charge in [-0.25, -0.2) is 9.69 Å². The molecule has 1 aliphatic rings. The molecule has 0 spiro atoms. The Bertz CT molecular complexity index is 288. The number of thioether (sulfide) groups is 1. The molecule has 0 aromatic carbocycles. The molecule has 2 amide bonds. The molecular formula is C10H15NO3S. The second-order valence-corrected chi connectivity index (χ2v) is 5.18. The van der Waals surface area contributed by atoms with Crippen molar-refractivity contribution in [1.82, 2.24) is 4.90 Å². The quantitative estimate of drug-likeness (QED) is 0.694. The highest BCUT2D eigenvalue weighted by atomic mass is 32.2. The summed E-state index contributed by atoms with van der Waals surface area (Å²) in [6, 6.07) is 0. The fourth-order valence-electron chi connectivity index (χ4n) is 1.27. The van der Waals surface area contributed by atoms with Crippen molar-refractivity contribution in [3.8, 4) is 0 Å². The Hall–Kier alpha value is -0.970. The van der Waals surface area contributed by atoms with Gasteiger partial charge in [-0.15, -0.1) is 11.8 Å². The van der Waals surface area contributed by atoms with Crippen LogP contribution >= 0.6 is 11.8 Å². The van der Waals surface area contributed by atoms with Crippen LogP contribution in [-0.4, -0.2) is 34.1 Å². The molecule has 0 saturated carbocycles. The lowest BCUT2D eigenvalue weighted by Gasteiger charge is -2.18. The molecule has 1 unspecified atom stereocenters. The topological polar surface area (TPSA) is 46.6 Å². The molecule has 1 heterocycles. The average Bonchev–Trinajstić information content (AvgIpc) is 2.46.